The predicted octanol–water partition coefficient (Wildman–Crippen LogP) is 7.88. The number of azo groups is 2. The zero-order valence-corrected chi connectivity index (χ0v) is 22.7. The van der Waals surface area contributed by atoms with Gasteiger partial charge in [0.25, 0.3) is 0 Å². The van der Waals surface area contributed by atoms with E-state index in [9.17, 15) is 15.0 Å². The normalized spacial score (nSPS) is 11.5. The average molecular weight is 580 g/mol. The predicted molar refractivity (Wildman–Crippen MR) is 151 cm³/mol. The molecule has 0 bridgehead atoms. The van der Waals surface area contributed by atoms with Crippen LogP contribution in [-0.2, 0) is 9.37 Å². The van der Waals surface area contributed by atoms with E-state index in [4.69, 9.17) is 20.5 Å². The van der Waals surface area contributed by atoms with Crippen molar-refractivity contribution in [2.75, 3.05) is 18.9 Å². The van der Waals surface area contributed by atoms with Gasteiger partial charge in [0.05, 0.1) is 41.4 Å². The number of nitrogens with zero attached hydrogens (tertiary/aromatic N) is 4. The summed E-state index contributed by atoms with van der Waals surface area (Å²) >= 11 is 0.613. The SMILES string of the molecule is CCOc1cc(N=Nc2c(SOOO)cc3ccc(N)cc3c2O)c(OCC)cc1N=Nc1cccc(C(=O)O)c1. The highest BCUT2D eigenvalue weighted by Crippen LogP contribution is 2.46. The lowest BCUT2D eigenvalue weighted by molar-refractivity contribution is -0.432. The van der Waals surface area contributed by atoms with E-state index in [0.29, 0.717) is 58.0 Å². The number of carbonyl (C=O) groups is 1. The molecule has 0 aliphatic carbocycles. The zero-order chi connectivity index (χ0) is 29.4. The summed E-state index contributed by atoms with van der Waals surface area (Å²) < 4.78 is 16.1. The highest BCUT2D eigenvalue weighted by Gasteiger charge is 2.17. The van der Waals surface area contributed by atoms with Crippen LogP contribution in [0.15, 0.2) is 86.0 Å². The molecule has 4 aromatic rings. The first-order valence-electron chi connectivity index (χ1n) is 12.1. The number of fused-ring (bicyclic) bond motifs is 1. The largest absolute Gasteiger partial charge is 0.505 e. The Morgan fingerprint density at radius 2 is 1.59 bits per heavy atom. The molecule has 0 heterocycles. The number of hydrogen-bond donors (Lipinski definition) is 4. The molecule has 13 nitrogen and oxygen atoms in total. The fourth-order valence-corrected chi connectivity index (χ4v) is 4.22. The molecular formula is C27H25N5O8S. The highest BCUT2D eigenvalue weighted by atomic mass is 32.2. The van der Waals surface area contributed by atoms with Crippen LogP contribution in [0.1, 0.15) is 24.2 Å². The first kappa shape index (κ1) is 29.2. The summed E-state index contributed by atoms with van der Waals surface area (Å²) in [7, 11) is 0. The molecule has 4 aromatic carbocycles. The number of phenolic OH excluding ortho intramolecular Hbond substituents is 1. The number of phenols is 1. The summed E-state index contributed by atoms with van der Waals surface area (Å²) in [4.78, 5) is 11.6. The van der Waals surface area contributed by atoms with Crippen molar-refractivity contribution >= 4 is 57.2 Å². The van der Waals surface area contributed by atoms with Crippen molar-refractivity contribution in [2.24, 2.45) is 20.5 Å². The van der Waals surface area contributed by atoms with E-state index in [1.165, 1.54) is 12.1 Å². The highest BCUT2D eigenvalue weighted by molar-refractivity contribution is 7.94. The second-order valence-electron chi connectivity index (χ2n) is 8.19. The van der Waals surface area contributed by atoms with Gasteiger partial charge in [0.2, 0.25) is 0 Å². The Morgan fingerprint density at radius 1 is 0.902 bits per heavy atom. The third-order valence-corrected chi connectivity index (χ3v) is 6.11. The topological polar surface area (TPSA) is 190 Å². The number of aromatic hydroxyl groups is 1. The lowest BCUT2D eigenvalue weighted by Crippen LogP contribution is -1.95. The molecule has 0 spiro atoms. The van der Waals surface area contributed by atoms with E-state index in [0.717, 1.165) is 0 Å². The number of nitrogen functional groups attached to an aromatic ring is 1. The number of ether oxygens (including phenoxy) is 2. The number of anilines is 1. The van der Waals surface area contributed by atoms with E-state index in [2.05, 4.69) is 29.8 Å². The number of nitrogens with two attached hydrogens (primary N) is 1. The van der Waals surface area contributed by atoms with Crippen LogP contribution in [0.3, 0.4) is 0 Å². The molecule has 0 aromatic heterocycles. The van der Waals surface area contributed by atoms with Gasteiger partial charge in [-0.25, -0.2) is 10.1 Å². The van der Waals surface area contributed by atoms with Crippen LogP contribution >= 0.6 is 12.0 Å². The van der Waals surface area contributed by atoms with Crippen LogP contribution in [0.5, 0.6) is 17.2 Å². The summed E-state index contributed by atoms with van der Waals surface area (Å²) in [6.07, 6.45) is 0. The number of aromatic carboxylic acids is 1. The first-order chi connectivity index (χ1) is 19.8. The Labute approximate surface area is 237 Å². The molecule has 4 rings (SSSR count). The number of rotatable bonds is 12. The van der Waals surface area contributed by atoms with Gasteiger partial charge in [-0.15, -0.1) is 19.7 Å². The smallest absolute Gasteiger partial charge is 0.335 e. The average Bonchev–Trinajstić information content (AvgIpc) is 2.96. The summed E-state index contributed by atoms with van der Waals surface area (Å²) in [5.74, 6) is -0.699. The Balaban J connectivity index is 1.78. The molecule has 5 N–H and O–H groups in total. The van der Waals surface area contributed by atoms with Crippen molar-refractivity contribution in [1.29, 1.82) is 0 Å². The number of carboxylic acid groups (broad SMARTS) is 1. The zero-order valence-electron chi connectivity index (χ0n) is 21.8. The minimum atomic E-state index is -1.08. The molecule has 0 radical (unpaired) electrons. The molecule has 0 aliphatic rings. The Morgan fingerprint density at radius 3 is 2.22 bits per heavy atom. The summed E-state index contributed by atoms with van der Waals surface area (Å²) in [5, 5.41) is 50.6. The molecule has 0 amide bonds. The standard InChI is InChI=1S/C27H25N5O8S/c1-3-37-22-14-21(23(38-4-2)13-20(22)30-29-18-7-5-6-16(10-18)27(34)35)31-32-25-24(41-40-39-36)11-15-8-9-17(28)12-19(15)26(25)33/h5-14,33,36H,3-4,28H2,1-2H3,(H,34,35). The van der Waals surface area contributed by atoms with Gasteiger partial charge in [0, 0.05) is 23.2 Å². The number of hydrogen-bond acceptors (Lipinski definition) is 13. The van der Waals surface area contributed by atoms with E-state index < -0.39 is 5.97 Å². The molecule has 0 aliphatic heterocycles. The van der Waals surface area contributed by atoms with Crippen LogP contribution in [0.2, 0.25) is 0 Å². The molecule has 14 heteroatoms. The van der Waals surface area contributed by atoms with Gasteiger partial charge in [-0.05, 0) is 55.6 Å². The number of carboxylic acids is 1. The van der Waals surface area contributed by atoms with Gasteiger partial charge < -0.3 is 25.4 Å². The van der Waals surface area contributed by atoms with E-state index >= 15 is 0 Å². The molecular weight excluding hydrogens is 554 g/mol. The van der Waals surface area contributed by atoms with Crippen LogP contribution in [0.4, 0.5) is 28.4 Å². The van der Waals surface area contributed by atoms with Gasteiger partial charge >= 0.3 is 5.97 Å². The van der Waals surface area contributed by atoms with Crippen LogP contribution in [0, 0.1) is 0 Å². The Hall–Kier alpha value is -4.76. The van der Waals surface area contributed by atoms with E-state index in [-0.39, 0.29) is 34.2 Å². The Kier molecular flexibility index (Phi) is 9.65. The lowest BCUT2D eigenvalue weighted by Gasteiger charge is -2.12. The van der Waals surface area contributed by atoms with Crippen molar-refractivity contribution in [3.8, 4) is 17.2 Å². The van der Waals surface area contributed by atoms with Crippen molar-refractivity contribution in [1.82, 2.24) is 0 Å². The Bertz CT molecular complexity index is 1630. The van der Waals surface area contributed by atoms with Gasteiger partial charge in [0.1, 0.15) is 28.6 Å². The second kappa shape index (κ2) is 13.5. The van der Waals surface area contributed by atoms with Gasteiger partial charge in [-0.2, -0.15) is 5.11 Å². The van der Waals surface area contributed by atoms with Crippen molar-refractivity contribution in [3.05, 3.63) is 66.2 Å². The molecule has 0 fully saturated rings. The number of benzene rings is 4. The minimum absolute atomic E-state index is 0.0210. The van der Waals surface area contributed by atoms with Crippen molar-refractivity contribution < 1.29 is 39.1 Å². The van der Waals surface area contributed by atoms with Gasteiger partial charge in [-0.3, -0.25) is 0 Å². The van der Waals surface area contributed by atoms with Gasteiger partial charge in [-0.1, -0.05) is 17.2 Å². The molecule has 0 saturated carbocycles. The fraction of sp³-hybridized carbons (Fsp3) is 0.148. The van der Waals surface area contributed by atoms with Crippen LogP contribution < -0.4 is 15.2 Å². The molecule has 212 valence electrons. The van der Waals surface area contributed by atoms with E-state index in [1.807, 2.05) is 0 Å². The summed E-state index contributed by atoms with van der Waals surface area (Å²) in [6.45, 7) is 4.17. The minimum Gasteiger partial charge on any atom is -0.505 e. The quantitative estimate of drug-likeness (QED) is 0.0422. The summed E-state index contributed by atoms with van der Waals surface area (Å²) in [6, 6.07) is 15.8. The maximum absolute atomic E-state index is 11.3. The lowest BCUT2D eigenvalue weighted by atomic mass is 10.1. The molecule has 0 atom stereocenters. The van der Waals surface area contributed by atoms with Crippen molar-refractivity contribution in [3.63, 3.8) is 0 Å². The molecule has 0 unspecified atom stereocenters. The third kappa shape index (κ3) is 7.06. The van der Waals surface area contributed by atoms with E-state index in [1.54, 1.807) is 62.4 Å². The molecule has 0 saturated heterocycles. The third-order valence-electron chi connectivity index (χ3n) is 5.50. The second-order valence-corrected chi connectivity index (χ2v) is 8.93. The van der Waals surface area contributed by atoms with Crippen LogP contribution in [0.25, 0.3) is 10.8 Å². The summed E-state index contributed by atoms with van der Waals surface area (Å²) in [5.41, 5.74) is 7.33. The van der Waals surface area contributed by atoms with Crippen LogP contribution in [-0.4, -0.2) is 34.7 Å². The van der Waals surface area contributed by atoms with Crippen molar-refractivity contribution in [2.45, 2.75) is 18.7 Å². The monoisotopic (exact) mass is 579 g/mol. The first-order valence-corrected chi connectivity index (χ1v) is 12.9. The molecule has 41 heavy (non-hydrogen) atoms. The maximum Gasteiger partial charge on any atom is 0.335 e. The van der Waals surface area contributed by atoms with Gasteiger partial charge in [0.15, 0.2) is 5.75 Å². The maximum atomic E-state index is 11.3. The fourth-order valence-electron chi connectivity index (χ4n) is 3.72.